The van der Waals surface area contributed by atoms with Crippen LogP contribution in [0.4, 0.5) is 0 Å². The Morgan fingerprint density at radius 1 is 1.67 bits per heavy atom. The number of hydrogen-bond donors (Lipinski definition) is 2. The molecule has 4 nitrogen and oxygen atoms in total. The summed E-state index contributed by atoms with van der Waals surface area (Å²) >= 11 is 0. The molecule has 2 fully saturated rings. The van der Waals surface area contributed by atoms with Gasteiger partial charge in [-0.2, -0.15) is 0 Å². The normalized spacial score (nSPS) is 33.5. The fourth-order valence-electron chi connectivity index (χ4n) is 2.29. The molecule has 1 heterocycles. The van der Waals surface area contributed by atoms with Crippen molar-refractivity contribution in [3.05, 3.63) is 0 Å². The second-order valence-corrected chi connectivity index (χ2v) is 5.27. The largest absolute Gasteiger partial charge is 0.396 e. The molecule has 1 aliphatic carbocycles. The lowest BCUT2D eigenvalue weighted by atomic mass is 9.94. The molecule has 1 aliphatic heterocycles. The molecule has 0 spiro atoms. The zero-order valence-electron chi connectivity index (χ0n) is 9.49. The Labute approximate surface area is 90.6 Å². The Morgan fingerprint density at radius 3 is 2.87 bits per heavy atom. The van der Waals surface area contributed by atoms with E-state index in [-0.39, 0.29) is 24.0 Å². The van der Waals surface area contributed by atoms with E-state index in [9.17, 15) is 4.79 Å². The van der Waals surface area contributed by atoms with Crippen molar-refractivity contribution < 1.29 is 9.90 Å². The summed E-state index contributed by atoms with van der Waals surface area (Å²) in [6, 6.07) is 0. The van der Waals surface area contributed by atoms with E-state index in [4.69, 9.17) is 5.11 Å². The molecule has 2 aliphatic rings. The first-order valence-electron chi connectivity index (χ1n) is 5.74. The lowest BCUT2D eigenvalue weighted by Gasteiger charge is -2.27. The van der Waals surface area contributed by atoms with E-state index in [1.165, 1.54) is 12.8 Å². The van der Waals surface area contributed by atoms with Gasteiger partial charge in [-0.25, -0.2) is 5.43 Å². The smallest absolute Gasteiger partial charge is 0.238 e. The Balaban J connectivity index is 1.94. The number of nitrogens with one attached hydrogen (secondary N) is 1. The van der Waals surface area contributed by atoms with E-state index in [2.05, 4.69) is 12.3 Å². The maximum atomic E-state index is 11.8. The number of rotatable bonds is 4. The number of carbonyl (C=O) groups excluding carboxylic acids is 1. The minimum absolute atomic E-state index is 0.0216. The van der Waals surface area contributed by atoms with Crippen molar-refractivity contribution in [3.63, 3.8) is 0 Å². The molecule has 2 atom stereocenters. The third-order valence-corrected chi connectivity index (χ3v) is 3.49. The summed E-state index contributed by atoms with van der Waals surface area (Å²) in [6.07, 6.45) is 3.08. The van der Waals surface area contributed by atoms with Crippen LogP contribution in [-0.2, 0) is 4.79 Å². The van der Waals surface area contributed by atoms with Gasteiger partial charge < -0.3 is 5.11 Å². The van der Waals surface area contributed by atoms with Crippen molar-refractivity contribution in [3.8, 4) is 0 Å². The first-order chi connectivity index (χ1) is 7.05. The zero-order valence-corrected chi connectivity index (χ0v) is 9.49. The maximum Gasteiger partial charge on any atom is 0.238 e. The van der Waals surface area contributed by atoms with Crippen LogP contribution in [0.1, 0.15) is 33.1 Å². The van der Waals surface area contributed by atoms with Gasteiger partial charge in [0.2, 0.25) is 5.91 Å². The third kappa shape index (κ3) is 2.16. The molecule has 2 N–H and O–H groups in total. The van der Waals surface area contributed by atoms with E-state index in [0.717, 1.165) is 0 Å². The van der Waals surface area contributed by atoms with Crippen LogP contribution < -0.4 is 5.43 Å². The number of hydrogen-bond acceptors (Lipinski definition) is 3. The quantitative estimate of drug-likeness (QED) is 0.714. The summed E-state index contributed by atoms with van der Waals surface area (Å²) in [6.45, 7) is 4.82. The monoisotopic (exact) mass is 212 g/mol. The molecule has 0 aromatic heterocycles. The standard InChI is InChI=1S/C11H20N2O2/c1-8(7-14)6-13-10(15)5-11(2,12-13)9-3-4-9/h8-9,12,14H,3-7H2,1-2H3. The number of carbonyl (C=O) groups is 1. The lowest BCUT2D eigenvalue weighted by Crippen LogP contribution is -2.47. The highest BCUT2D eigenvalue weighted by atomic mass is 16.3. The van der Waals surface area contributed by atoms with Gasteiger partial charge in [0.1, 0.15) is 0 Å². The highest BCUT2D eigenvalue weighted by Gasteiger charge is 2.49. The highest BCUT2D eigenvalue weighted by Crippen LogP contribution is 2.43. The van der Waals surface area contributed by atoms with Crippen LogP contribution in [0.3, 0.4) is 0 Å². The molecule has 2 unspecified atom stereocenters. The number of amides is 1. The topological polar surface area (TPSA) is 52.6 Å². The average molecular weight is 212 g/mol. The Morgan fingerprint density at radius 2 is 2.33 bits per heavy atom. The van der Waals surface area contributed by atoms with Crippen molar-refractivity contribution in [1.82, 2.24) is 10.4 Å². The second kappa shape index (κ2) is 3.76. The van der Waals surface area contributed by atoms with Crippen LogP contribution in [-0.4, -0.2) is 34.7 Å². The van der Waals surface area contributed by atoms with Crippen molar-refractivity contribution in [2.45, 2.75) is 38.6 Å². The van der Waals surface area contributed by atoms with Crippen molar-refractivity contribution >= 4 is 5.91 Å². The molecule has 1 amide bonds. The van der Waals surface area contributed by atoms with Gasteiger partial charge in [0.25, 0.3) is 0 Å². The fourth-order valence-corrected chi connectivity index (χ4v) is 2.29. The van der Waals surface area contributed by atoms with Crippen LogP contribution in [0.2, 0.25) is 0 Å². The Kier molecular flexibility index (Phi) is 2.73. The maximum absolute atomic E-state index is 11.8. The van der Waals surface area contributed by atoms with Gasteiger partial charge in [-0.15, -0.1) is 0 Å². The van der Waals surface area contributed by atoms with Crippen LogP contribution in [0.5, 0.6) is 0 Å². The molecule has 86 valence electrons. The van der Waals surface area contributed by atoms with E-state index in [1.807, 2.05) is 6.92 Å². The molecule has 1 saturated carbocycles. The number of nitrogens with zero attached hydrogens (tertiary/aromatic N) is 1. The summed E-state index contributed by atoms with van der Waals surface area (Å²) < 4.78 is 0. The van der Waals surface area contributed by atoms with Crippen LogP contribution in [0, 0.1) is 11.8 Å². The van der Waals surface area contributed by atoms with E-state index in [0.29, 0.717) is 18.9 Å². The fraction of sp³-hybridized carbons (Fsp3) is 0.909. The molecule has 4 heteroatoms. The van der Waals surface area contributed by atoms with E-state index in [1.54, 1.807) is 5.01 Å². The second-order valence-electron chi connectivity index (χ2n) is 5.27. The molecule has 2 rings (SSSR count). The third-order valence-electron chi connectivity index (χ3n) is 3.49. The predicted molar refractivity (Wildman–Crippen MR) is 56.8 cm³/mol. The molecule has 0 radical (unpaired) electrons. The summed E-state index contributed by atoms with van der Waals surface area (Å²) in [5.74, 6) is 0.976. The van der Waals surface area contributed by atoms with Crippen molar-refractivity contribution in [2.24, 2.45) is 11.8 Å². The molecule has 15 heavy (non-hydrogen) atoms. The highest BCUT2D eigenvalue weighted by molar-refractivity contribution is 5.79. The van der Waals surface area contributed by atoms with Gasteiger partial charge in [0.15, 0.2) is 0 Å². The van der Waals surface area contributed by atoms with Gasteiger partial charge >= 0.3 is 0 Å². The summed E-state index contributed by atoms with van der Waals surface area (Å²) in [7, 11) is 0. The molecule has 1 saturated heterocycles. The number of aliphatic hydroxyl groups excluding tert-OH is 1. The number of aliphatic hydroxyl groups is 1. The average Bonchev–Trinajstić information content (AvgIpc) is 2.96. The predicted octanol–water partition coefficient (Wildman–Crippen LogP) is 0.520. The first-order valence-corrected chi connectivity index (χ1v) is 5.74. The minimum atomic E-state index is -0.0216. The van der Waals surface area contributed by atoms with Crippen LogP contribution in [0.25, 0.3) is 0 Å². The molecular formula is C11H20N2O2. The zero-order chi connectivity index (χ0) is 11.1. The van der Waals surface area contributed by atoms with Crippen LogP contribution in [0.15, 0.2) is 0 Å². The van der Waals surface area contributed by atoms with Gasteiger partial charge in [-0.1, -0.05) is 6.92 Å². The Hall–Kier alpha value is -0.610. The molecular weight excluding hydrogens is 192 g/mol. The molecule has 0 aromatic carbocycles. The van der Waals surface area contributed by atoms with Gasteiger partial charge in [0, 0.05) is 25.1 Å². The lowest BCUT2D eigenvalue weighted by molar-refractivity contribution is -0.130. The van der Waals surface area contributed by atoms with Crippen molar-refractivity contribution in [1.29, 1.82) is 0 Å². The summed E-state index contributed by atoms with van der Waals surface area (Å²) in [5.41, 5.74) is 3.30. The Bertz CT molecular complexity index is 265. The molecule has 0 bridgehead atoms. The van der Waals surface area contributed by atoms with Gasteiger partial charge in [-0.05, 0) is 31.6 Å². The van der Waals surface area contributed by atoms with Crippen molar-refractivity contribution in [2.75, 3.05) is 13.2 Å². The molecule has 0 aromatic rings. The SMILES string of the molecule is CC(CO)CN1NC(C)(C2CC2)CC1=O. The summed E-state index contributed by atoms with van der Waals surface area (Å²) in [4.78, 5) is 11.8. The first kappa shape index (κ1) is 10.9. The van der Waals surface area contributed by atoms with E-state index >= 15 is 0 Å². The van der Waals surface area contributed by atoms with Gasteiger partial charge in [-0.3, -0.25) is 9.80 Å². The van der Waals surface area contributed by atoms with Gasteiger partial charge in [0.05, 0.1) is 0 Å². The summed E-state index contributed by atoms with van der Waals surface area (Å²) in [5, 5.41) is 10.7. The van der Waals surface area contributed by atoms with Crippen LogP contribution >= 0.6 is 0 Å². The minimum Gasteiger partial charge on any atom is -0.396 e. The number of hydrazine groups is 1. The van der Waals surface area contributed by atoms with E-state index < -0.39 is 0 Å².